The fourth-order valence-corrected chi connectivity index (χ4v) is 1.49. The van der Waals surface area contributed by atoms with Crippen LogP contribution in [-0.4, -0.2) is 20.5 Å². The zero-order chi connectivity index (χ0) is 10.0. The molecule has 0 aliphatic carbocycles. The molecule has 0 aliphatic heterocycles. The number of nitrogens with two attached hydrogens (primary N) is 1. The van der Waals surface area contributed by atoms with Gasteiger partial charge in [0.15, 0.2) is 0 Å². The van der Waals surface area contributed by atoms with Crippen molar-refractivity contribution in [1.29, 1.82) is 0 Å². The molecule has 1 aromatic heterocycles. The molecule has 72 valence electrons. The van der Waals surface area contributed by atoms with E-state index in [1.54, 1.807) is 4.68 Å². The van der Waals surface area contributed by atoms with Crippen molar-refractivity contribution in [2.75, 3.05) is 0 Å². The Balaban J connectivity index is 2.74. The van der Waals surface area contributed by atoms with Gasteiger partial charge in [0.1, 0.15) is 0 Å². The van der Waals surface area contributed by atoms with Crippen LogP contribution in [0.3, 0.4) is 0 Å². The molecule has 2 N–H and O–H groups in total. The summed E-state index contributed by atoms with van der Waals surface area (Å²) in [4.78, 5) is 10.5. The summed E-state index contributed by atoms with van der Waals surface area (Å²) in [6, 6.07) is 0. The van der Waals surface area contributed by atoms with Crippen LogP contribution < -0.4 is 5.73 Å². The Morgan fingerprint density at radius 1 is 1.85 bits per heavy atom. The molecule has 4 nitrogen and oxygen atoms in total. The van der Waals surface area contributed by atoms with Crippen LogP contribution >= 0.6 is 15.9 Å². The molecule has 0 aromatic carbocycles. The van der Waals surface area contributed by atoms with Crippen molar-refractivity contribution in [3.63, 3.8) is 0 Å². The van der Waals surface area contributed by atoms with Crippen molar-refractivity contribution in [3.05, 3.63) is 17.5 Å². The first kappa shape index (κ1) is 10.2. The number of rotatable bonds is 3. The minimum absolute atomic E-state index is 0.310. The van der Waals surface area contributed by atoms with E-state index in [0.29, 0.717) is 6.42 Å². The SMILES string of the molecule is Cc1nn(C)cc1CC(Br)C(N)=O. The molecule has 0 radical (unpaired) electrons. The third-order valence-electron chi connectivity index (χ3n) is 1.82. The Labute approximate surface area is 85.2 Å². The number of hydrogen-bond donors (Lipinski definition) is 1. The summed E-state index contributed by atoms with van der Waals surface area (Å²) >= 11 is 3.21. The molecule has 1 heterocycles. The van der Waals surface area contributed by atoms with E-state index in [1.807, 2.05) is 20.2 Å². The number of carbonyl (C=O) groups is 1. The second kappa shape index (κ2) is 3.91. The average molecular weight is 246 g/mol. The largest absolute Gasteiger partial charge is 0.369 e. The smallest absolute Gasteiger partial charge is 0.231 e. The summed E-state index contributed by atoms with van der Waals surface area (Å²) in [6.07, 6.45) is 2.49. The summed E-state index contributed by atoms with van der Waals surface area (Å²) in [7, 11) is 1.85. The maximum Gasteiger partial charge on any atom is 0.231 e. The second-order valence-corrected chi connectivity index (χ2v) is 4.09. The molecule has 1 rings (SSSR count). The van der Waals surface area contributed by atoms with Gasteiger partial charge in [0.05, 0.1) is 10.5 Å². The Hall–Kier alpha value is -0.840. The fourth-order valence-electron chi connectivity index (χ4n) is 1.14. The van der Waals surface area contributed by atoms with Gasteiger partial charge in [-0.3, -0.25) is 9.48 Å². The molecular weight excluding hydrogens is 234 g/mol. The van der Waals surface area contributed by atoms with E-state index >= 15 is 0 Å². The van der Waals surface area contributed by atoms with Gasteiger partial charge in [0.2, 0.25) is 5.91 Å². The number of halogens is 1. The van der Waals surface area contributed by atoms with Crippen molar-refractivity contribution < 1.29 is 4.79 Å². The van der Waals surface area contributed by atoms with Crippen LogP contribution in [0.5, 0.6) is 0 Å². The first-order valence-corrected chi connectivity index (χ1v) is 4.84. The van der Waals surface area contributed by atoms with Crippen molar-refractivity contribution in [3.8, 4) is 0 Å². The number of hydrogen-bond acceptors (Lipinski definition) is 2. The van der Waals surface area contributed by atoms with Gasteiger partial charge in [-0.05, 0) is 18.9 Å². The number of amides is 1. The van der Waals surface area contributed by atoms with Crippen LogP contribution in [0.2, 0.25) is 0 Å². The Morgan fingerprint density at radius 2 is 2.46 bits per heavy atom. The van der Waals surface area contributed by atoms with E-state index in [4.69, 9.17) is 5.73 Å². The number of alkyl halides is 1. The molecule has 5 heteroatoms. The molecule has 0 saturated carbocycles. The maximum absolute atomic E-state index is 10.8. The lowest BCUT2D eigenvalue weighted by atomic mass is 10.1. The lowest BCUT2D eigenvalue weighted by molar-refractivity contribution is -0.117. The third-order valence-corrected chi connectivity index (χ3v) is 2.60. The first-order valence-electron chi connectivity index (χ1n) is 3.93. The van der Waals surface area contributed by atoms with Crippen LogP contribution in [0.1, 0.15) is 11.3 Å². The molecule has 0 aliphatic rings. The zero-order valence-corrected chi connectivity index (χ0v) is 9.21. The number of aryl methyl sites for hydroxylation is 2. The standard InChI is InChI=1S/C8H12BrN3O/c1-5-6(4-12(2)11-5)3-7(9)8(10)13/h4,7H,3H2,1-2H3,(H2,10,13). The summed E-state index contributed by atoms with van der Waals surface area (Å²) < 4.78 is 1.73. The molecule has 1 aromatic rings. The van der Waals surface area contributed by atoms with Crippen molar-refractivity contribution in [2.24, 2.45) is 12.8 Å². The number of nitrogens with zero attached hydrogens (tertiary/aromatic N) is 2. The Bertz CT molecular complexity index is 321. The first-order chi connectivity index (χ1) is 6.00. The van der Waals surface area contributed by atoms with Gasteiger partial charge in [-0.25, -0.2) is 0 Å². The molecule has 1 unspecified atom stereocenters. The minimum atomic E-state index is -0.344. The summed E-state index contributed by atoms with van der Waals surface area (Å²) in [5, 5.41) is 4.17. The van der Waals surface area contributed by atoms with Gasteiger partial charge in [-0.2, -0.15) is 5.10 Å². The van der Waals surface area contributed by atoms with E-state index in [0.717, 1.165) is 11.3 Å². The quantitative estimate of drug-likeness (QED) is 0.790. The zero-order valence-electron chi connectivity index (χ0n) is 7.62. The predicted molar refractivity (Wildman–Crippen MR) is 53.6 cm³/mol. The van der Waals surface area contributed by atoms with Crippen LogP contribution in [-0.2, 0) is 18.3 Å². The molecule has 0 saturated heterocycles. The average Bonchev–Trinajstić information content (AvgIpc) is 2.30. The van der Waals surface area contributed by atoms with Gasteiger partial charge < -0.3 is 5.73 Å². The lowest BCUT2D eigenvalue weighted by Crippen LogP contribution is -2.25. The number of primary amides is 1. The second-order valence-electron chi connectivity index (χ2n) is 2.99. The molecule has 0 bridgehead atoms. The minimum Gasteiger partial charge on any atom is -0.369 e. The summed E-state index contributed by atoms with van der Waals surface area (Å²) in [6.45, 7) is 1.91. The molecule has 0 spiro atoms. The number of aromatic nitrogens is 2. The highest BCUT2D eigenvalue weighted by Gasteiger charge is 2.14. The van der Waals surface area contributed by atoms with Gasteiger partial charge in [0, 0.05) is 13.2 Å². The van der Waals surface area contributed by atoms with E-state index in [9.17, 15) is 4.79 Å². The van der Waals surface area contributed by atoms with Gasteiger partial charge in [-0.15, -0.1) is 0 Å². The van der Waals surface area contributed by atoms with E-state index in [1.165, 1.54) is 0 Å². The van der Waals surface area contributed by atoms with Crippen LogP contribution in [0.4, 0.5) is 0 Å². The normalized spacial score (nSPS) is 12.8. The highest BCUT2D eigenvalue weighted by atomic mass is 79.9. The van der Waals surface area contributed by atoms with Crippen molar-refractivity contribution in [2.45, 2.75) is 18.2 Å². The van der Waals surface area contributed by atoms with Gasteiger partial charge in [-0.1, -0.05) is 15.9 Å². The van der Waals surface area contributed by atoms with Crippen LogP contribution in [0.25, 0.3) is 0 Å². The lowest BCUT2D eigenvalue weighted by Gasteiger charge is -2.02. The monoisotopic (exact) mass is 245 g/mol. The van der Waals surface area contributed by atoms with Gasteiger partial charge in [0.25, 0.3) is 0 Å². The van der Waals surface area contributed by atoms with Crippen molar-refractivity contribution in [1.82, 2.24) is 9.78 Å². The number of carbonyl (C=O) groups excluding carboxylic acids is 1. The summed E-state index contributed by atoms with van der Waals surface area (Å²) in [5.41, 5.74) is 7.11. The van der Waals surface area contributed by atoms with E-state index < -0.39 is 0 Å². The Morgan fingerprint density at radius 3 is 2.85 bits per heavy atom. The molecular formula is C8H12BrN3O. The predicted octanol–water partition coefficient (Wildman–Crippen LogP) is 0.520. The van der Waals surface area contributed by atoms with Crippen LogP contribution in [0, 0.1) is 6.92 Å². The topological polar surface area (TPSA) is 60.9 Å². The van der Waals surface area contributed by atoms with E-state index in [-0.39, 0.29) is 10.7 Å². The van der Waals surface area contributed by atoms with Gasteiger partial charge >= 0.3 is 0 Å². The van der Waals surface area contributed by atoms with Crippen molar-refractivity contribution >= 4 is 21.8 Å². The molecule has 13 heavy (non-hydrogen) atoms. The summed E-state index contributed by atoms with van der Waals surface area (Å²) in [5.74, 6) is -0.344. The van der Waals surface area contributed by atoms with E-state index in [2.05, 4.69) is 21.0 Å². The molecule has 1 amide bonds. The van der Waals surface area contributed by atoms with Crippen LogP contribution in [0.15, 0.2) is 6.20 Å². The molecule has 1 atom stereocenters. The highest BCUT2D eigenvalue weighted by molar-refractivity contribution is 9.10. The third kappa shape index (κ3) is 2.55. The fraction of sp³-hybridized carbons (Fsp3) is 0.500. The highest BCUT2D eigenvalue weighted by Crippen LogP contribution is 2.12. The maximum atomic E-state index is 10.8. The molecule has 0 fully saturated rings. The Kier molecular flexibility index (Phi) is 3.08.